The molecule has 5 rings (SSSR count). The lowest BCUT2D eigenvalue weighted by atomic mass is 9.91. The Labute approximate surface area is 225 Å². The van der Waals surface area contributed by atoms with Crippen molar-refractivity contribution in [3.8, 4) is 0 Å². The number of rotatable bonds is 5. The van der Waals surface area contributed by atoms with Crippen molar-refractivity contribution in [1.82, 2.24) is 24.6 Å². The first-order valence-corrected chi connectivity index (χ1v) is 13.0. The van der Waals surface area contributed by atoms with Gasteiger partial charge < -0.3 is 19.6 Å². The molecule has 0 aliphatic carbocycles. The van der Waals surface area contributed by atoms with Gasteiger partial charge in [-0.1, -0.05) is 0 Å². The van der Waals surface area contributed by atoms with E-state index in [4.69, 9.17) is 0 Å². The molecule has 4 heterocycles. The van der Waals surface area contributed by atoms with E-state index in [9.17, 15) is 18.0 Å². The number of hydrogen-bond acceptors (Lipinski definition) is 7. The van der Waals surface area contributed by atoms with Gasteiger partial charge in [0.05, 0.1) is 23.6 Å². The second-order valence-corrected chi connectivity index (χ2v) is 10.4. The normalized spacial score (nSPS) is 17.8. The summed E-state index contributed by atoms with van der Waals surface area (Å²) in [6.07, 6.45) is 0.946. The predicted molar refractivity (Wildman–Crippen MR) is 143 cm³/mol. The smallest absolute Gasteiger partial charge is 0.367 e. The van der Waals surface area contributed by atoms with Crippen LogP contribution >= 0.6 is 0 Å². The quantitative estimate of drug-likeness (QED) is 0.490. The molecule has 3 aromatic rings. The Balaban J connectivity index is 1.39. The molecule has 2 aliphatic rings. The number of amides is 1. The van der Waals surface area contributed by atoms with Crippen molar-refractivity contribution in [2.45, 2.75) is 45.6 Å². The van der Waals surface area contributed by atoms with Gasteiger partial charge in [0.2, 0.25) is 11.9 Å². The molecule has 208 valence electrons. The molecule has 0 bridgehead atoms. The van der Waals surface area contributed by atoms with Crippen LogP contribution in [0.5, 0.6) is 0 Å². The summed E-state index contributed by atoms with van der Waals surface area (Å²) in [6.45, 7) is 6.37. The fraction of sp³-hybridized carbons (Fsp3) is 0.481. The van der Waals surface area contributed by atoms with Crippen LogP contribution in [0.15, 0.2) is 36.8 Å². The van der Waals surface area contributed by atoms with E-state index in [-0.39, 0.29) is 24.9 Å². The Kier molecular flexibility index (Phi) is 7.13. The number of aryl methyl sites for hydroxylation is 1. The molecule has 0 spiro atoms. The van der Waals surface area contributed by atoms with Crippen LogP contribution in [0.2, 0.25) is 0 Å². The Morgan fingerprint density at radius 2 is 1.79 bits per heavy atom. The number of anilines is 3. The summed E-state index contributed by atoms with van der Waals surface area (Å²) < 4.78 is 43.6. The van der Waals surface area contributed by atoms with Crippen molar-refractivity contribution in [1.29, 1.82) is 0 Å². The molecule has 1 aromatic carbocycles. The minimum absolute atomic E-state index is 0.0178. The molecule has 39 heavy (non-hydrogen) atoms. The van der Waals surface area contributed by atoms with Crippen molar-refractivity contribution in [2.24, 2.45) is 0 Å². The predicted octanol–water partition coefficient (Wildman–Crippen LogP) is 3.37. The summed E-state index contributed by atoms with van der Waals surface area (Å²) in [5.41, 5.74) is 2.92. The lowest BCUT2D eigenvalue weighted by Crippen LogP contribution is -2.55. The molecule has 12 heteroatoms. The Bertz CT molecular complexity index is 1340. The molecular formula is C27H33F3N8O. The van der Waals surface area contributed by atoms with Crippen LogP contribution < -0.4 is 14.7 Å². The maximum Gasteiger partial charge on any atom is 0.416 e. The summed E-state index contributed by atoms with van der Waals surface area (Å²) in [6, 6.07) is 4.55. The van der Waals surface area contributed by atoms with Gasteiger partial charge in [0.1, 0.15) is 6.54 Å². The summed E-state index contributed by atoms with van der Waals surface area (Å²) >= 11 is 0. The van der Waals surface area contributed by atoms with Gasteiger partial charge in [-0.25, -0.2) is 9.97 Å². The molecule has 0 saturated carbocycles. The topological polar surface area (TPSA) is 73.6 Å². The molecule has 1 fully saturated rings. The molecule has 2 aromatic heterocycles. The maximum atomic E-state index is 14.0. The van der Waals surface area contributed by atoms with Crippen LogP contribution in [-0.2, 0) is 30.5 Å². The van der Waals surface area contributed by atoms with E-state index >= 15 is 0 Å². The van der Waals surface area contributed by atoms with Crippen LogP contribution in [0, 0.1) is 6.92 Å². The second kappa shape index (κ2) is 10.4. The average Bonchev–Trinajstić information content (AvgIpc) is 3.30. The van der Waals surface area contributed by atoms with Gasteiger partial charge in [-0.15, -0.1) is 0 Å². The molecule has 1 atom stereocenters. The number of piperazine rings is 1. The largest absolute Gasteiger partial charge is 0.416 e. The molecule has 1 unspecified atom stereocenters. The summed E-state index contributed by atoms with van der Waals surface area (Å²) in [5, 5.41) is 4.21. The van der Waals surface area contributed by atoms with Gasteiger partial charge >= 0.3 is 6.18 Å². The SMILES string of the molecule is Cc1ccnn1CC(=O)N1CCN(c2ccc(C(F)(F)F)c3c2CN(c2cnc(N(C)C)nc2)CC3)CC1C. The van der Waals surface area contributed by atoms with E-state index in [1.165, 1.54) is 6.07 Å². The Morgan fingerprint density at radius 1 is 1.05 bits per heavy atom. The first kappa shape index (κ1) is 26.8. The van der Waals surface area contributed by atoms with Crippen molar-refractivity contribution < 1.29 is 18.0 Å². The number of alkyl halides is 3. The van der Waals surface area contributed by atoms with Gasteiger partial charge in [-0.05, 0) is 49.6 Å². The monoisotopic (exact) mass is 542 g/mol. The number of aromatic nitrogens is 4. The number of fused-ring (bicyclic) bond motifs is 1. The minimum atomic E-state index is -4.43. The summed E-state index contributed by atoms with van der Waals surface area (Å²) in [7, 11) is 3.70. The van der Waals surface area contributed by atoms with Gasteiger partial charge in [0.15, 0.2) is 0 Å². The van der Waals surface area contributed by atoms with E-state index in [0.717, 1.165) is 17.1 Å². The Morgan fingerprint density at radius 3 is 2.41 bits per heavy atom. The van der Waals surface area contributed by atoms with Crippen molar-refractivity contribution in [3.63, 3.8) is 0 Å². The van der Waals surface area contributed by atoms with E-state index < -0.39 is 11.7 Å². The number of carbonyl (C=O) groups is 1. The molecule has 0 radical (unpaired) electrons. The highest BCUT2D eigenvalue weighted by Crippen LogP contribution is 2.40. The zero-order chi connectivity index (χ0) is 27.9. The van der Waals surface area contributed by atoms with Crippen LogP contribution in [0.1, 0.15) is 29.3 Å². The molecule has 1 saturated heterocycles. The van der Waals surface area contributed by atoms with Gasteiger partial charge in [-0.2, -0.15) is 18.3 Å². The number of carbonyl (C=O) groups excluding carboxylic acids is 1. The highest BCUT2D eigenvalue weighted by molar-refractivity contribution is 5.77. The van der Waals surface area contributed by atoms with E-state index in [1.807, 2.05) is 43.8 Å². The van der Waals surface area contributed by atoms with E-state index in [0.29, 0.717) is 49.8 Å². The number of hydrogen-bond donors (Lipinski definition) is 0. The van der Waals surface area contributed by atoms with Crippen LogP contribution in [0.25, 0.3) is 0 Å². The first-order chi connectivity index (χ1) is 18.5. The lowest BCUT2D eigenvalue weighted by Gasteiger charge is -2.43. The Hall–Kier alpha value is -3.83. The molecule has 2 aliphatic heterocycles. The van der Waals surface area contributed by atoms with Gasteiger partial charge in [0, 0.05) is 70.4 Å². The zero-order valence-corrected chi connectivity index (χ0v) is 22.6. The average molecular weight is 543 g/mol. The third kappa shape index (κ3) is 5.37. The third-order valence-electron chi connectivity index (χ3n) is 7.58. The fourth-order valence-electron chi connectivity index (χ4n) is 5.48. The van der Waals surface area contributed by atoms with Crippen molar-refractivity contribution in [2.75, 3.05) is 55.0 Å². The lowest BCUT2D eigenvalue weighted by molar-refractivity contribution is -0.138. The number of nitrogens with zero attached hydrogens (tertiary/aromatic N) is 8. The van der Waals surface area contributed by atoms with Crippen molar-refractivity contribution in [3.05, 3.63) is 59.2 Å². The fourth-order valence-corrected chi connectivity index (χ4v) is 5.48. The first-order valence-electron chi connectivity index (χ1n) is 13.0. The third-order valence-corrected chi connectivity index (χ3v) is 7.58. The van der Waals surface area contributed by atoms with Crippen LogP contribution in [-0.4, -0.2) is 76.9 Å². The number of benzene rings is 1. The van der Waals surface area contributed by atoms with E-state index in [2.05, 4.69) is 20.0 Å². The zero-order valence-electron chi connectivity index (χ0n) is 22.6. The van der Waals surface area contributed by atoms with Crippen LogP contribution in [0.3, 0.4) is 0 Å². The van der Waals surface area contributed by atoms with Gasteiger partial charge in [-0.3, -0.25) is 9.48 Å². The second-order valence-electron chi connectivity index (χ2n) is 10.4. The number of halogens is 3. The van der Waals surface area contributed by atoms with E-state index in [1.54, 1.807) is 34.2 Å². The maximum absolute atomic E-state index is 14.0. The summed E-state index contributed by atoms with van der Waals surface area (Å²) in [5.74, 6) is 0.552. The molecule has 0 N–H and O–H groups in total. The highest BCUT2D eigenvalue weighted by atomic mass is 19.4. The molecule has 1 amide bonds. The van der Waals surface area contributed by atoms with Gasteiger partial charge in [0.25, 0.3) is 0 Å². The van der Waals surface area contributed by atoms with Crippen LogP contribution in [0.4, 0.5) is 30.5 Å². The highest BCUT2D eigenvalue weighted by Gasteiger charge is 2.38. The molecule has 9 nitrogen and oxygen atoms in total. The standard InChI is InChI=1S/C27H33F3N8O/c1-18-7-9-33-38(18)17-25(39)37-12-11-36(15-19(37)2)24-6-5-23(27(28,29)30)21-8-10-35(16-22(21)24)20-13-31-26(32-14-20)34(3)4/h5-7,9,13-14,19H,8,10-12,15-17H2,1-4H3. The minimum Gasteiger partial charge on any atom is -0.367 e. The molecular weight excluding hydrogens is 509 g/mol. The summed E-state index contributed by atoms with van der Waals surface area (Å²) in [4.78, 5) is 29.6. The van der Waals surface area contributed by atoms with Crippen molar-refractivity contribution >= 4 is 23.2 Å².